The molecule has 5 rings (SSSR count). The van der Waals surface area contributed by atoms with E-state index in [0.29, 0.717) is 48.0 Å². The number of fused-ring (bicyclic) bond motifs is 2. The van der Waals surface area contributed by atoms with Crippen LogP contribution in [0.4, 0.5) is 11.4 Å². The highest BCUT2D eigenvalue weighted by atomic mass is 35.5. The molecule has 1 aliphatic carbocycles. The van der Waals surface area contributed by atoms with Gasteiger partial charge in [0.25, 0.3) is 20.2 Å². The molecule has 306 valence electrons. The summed E-state index contributed by atoms with van der Waals surface area (Å²) in [5, 5.41) is 25.2. The molecule has 14 nitrogen and oxygen atoms in total. The number of allylic oxidation sites excluding steroid dienone is 8. The molecule has 2 aromatic rings. The van der Waals surface area contributed by atoms with E-state index in [1.165, 1.54) is 12.1 Å². The van der Waals surface area contributed by atoms with Gasteiger partial charge in [0.15, 0.2) is 5.71 Å². The smallest absolute Gasteiger partial charge is 0.294 e. The van der Waals surface area contributed by atoms with Crippen LogP contribution in [0.2, 0.25) is 0 Å². The summed E-state index contributed by atoms with van der Waals surface area (Å²) in [7, 11) is -8.50. The average molecular weight is 874 g/mol. The molecular weight excluding hydrogens is 828 g/mol. The topological polar surface area (TPSA) is 192 Å². The van der Waals surface area contributed by atoms with Crippen molar-refractivity contribution in [2.24, 2.45) is 0 Å². The molecule has 0 spiro atoms. The molecule has 2 aromatic carbocycles. The van der Waals surface area contributed by atoms with Crippen molar-refractivity contribution in [3.05, 3.63) is 93.7 Å². The van der Waals surface area contributed by atoms with Crippen molar-refractivity contribution in [1.82, 2.24) is 0 Å². The van der Waals surface area contributed by atoms with Gasteiger partial charge in [-0.3, -0.25) is 9.11 Å². The first-order valence-corrected chi connectivity index (χ1v) is 22.8. The predicted octanol–water partition coefficient (Wildman–Crippen LogP) is 8.71. The van der Waals surface area contributed by atoms with Crippen molar-refractivity contribution < 1.29 is 59.8 Å². The first kappa shape index (κ1) is 44.5. The Kier molecular flexibility index (Phi) is 14.8. The summed E-state index contributed by atoms with van der Waals surface area (Å²) in [5.41, 5.74) is 6.22. The molecule has 0 aromatic heterocycles. The van der Waals surface area contributed by atoms with E-state index in [-0.39, 0.29) is 17.1 Å². The summed E-state index contributed by atoms with van der Waals surface area (Å²) in [6.07, 6.45) is 11.8. The summed E-state index contributed by atoms with van der Waals surface area (Å²) in [6.45, 7) is 9.31. The Morgan fingerprint density at radius 2 is 1.62 bits per heavy atom. The summed E-state index contributed by atoms with van der Waals surface area (Å²) < 4.78 is 77.3. The summed E-state index contributed by atoms with van der Waals surface area (Å²) in [6, 6.07) is 10.4. The largest absolute Gasteiger partial charge is 0.344 e. The third-order valence-corrected chi connectivity index (χ3v) is 13.6. The van der Waals surface area contributed by atoms with E-state index >= 15 is 0 Å². The van der Waals surface area contributed by atoms with Crippen LogP contribution in [0.25, 0.3) is 0 Å². The van der Waals surface area contributed by atoms with Crippen LogP contribution in [0, 0.1) is 0 Å². The lowest BCUT2D eigenvalue weighted by atomic mass is 9.81. The lowest BCUT2D eigenvalue weighted by Gasteiger charge is -2.27. The minimum absolute atomic E-state index is 0.174. The zero-order chi connectivity index (χ0) is 40.9. The molecule has 0 saturated heterocycles. The first-order valence-electron chi connectivity index (χ1n) is 17.8. The Morgan fingerprint density at radius 1 is 0.875 bits per heavy atom. The highest BCUT2D eigenvalue weighted by Gasteiger charge is 2.45. The van der Waals surface area contributed by atoms with Crippen LogP contribution in [0.3, 0.4) is 0 Å². The maximum atomic E-state index is 12.1. The van der Waals surface area contributed by atoms with Crippen molar-refractivity contribution in [3.63, 3.8) is 0 Å². The van der Waals surface area contributed by atoms with Gasteiger partial charge in [-0.1, -0.05) is 47.7 Å². The normalized spacial score (nSPS) is 19.3. The van der Waals surface area contributed by atoms with Crippen molar-refractivity contribution in [2.75, 3.05) is 29.5 Å². The number of unbranched alkanes of at least 4 members (excludes halogenated alkanes) is 2. The predicted molar refractivity (Wildman–Crippen MR) is 216 cm³/mol. The molecule has 0 radical (unpaired) electrons. The number of anilines is 1. The van der Waals surface area contributed by atoms with Crippen molar-refractivity contribution >= 4 is 73.0 Å². The minimum Gasteiger partial charge on any atom is -0.344 e. The maximum Gasteiger partial charge on any atom is 0.294 e. The summed E-state index contributed by atoms with van der Waals surface area (Å²) in [5.74, 6) is 0.252. The molecule has 0 fully saturated rings. The van der Waals surface area contributed by atoms with E-state index in [1.807, 2.05) is 56.4 Å². The standard InChI is InChI=1S/C37H45ClN2O12S4/c1-36(2)29-23-27(54-52-50-42)13-15-31(29)40(20-6-8-22-55(43,44)45)33(36)17-11-25-9-10-26(35(25)38)12-18-34-37(3,4)30-24-28(56(46,47)48)14-16-32(30)39(34)19-5-7-21-53-51-49-41/h11-18,23-24H,5-10,19-22H2,1-4H3,(H3-,41,42,43,44,45,46,47,48)/p+1. The summed E-state index contributed by atoms with van der Waals surface area (Å²) >= 11 is 8.92. The zero-order valence-electron chi connectivity index (χ0n) is 31.3. The monoisotopic (exact) mass is 873 g/mol. The molecule has 0 amide bonds. The number of nitrogens with zero attached hydrogens (tertiary/aromatic N) is 2. The number of hydrogen-bond acceptors (Lipinski definition) is 13. The van der Waals surface area contributed by atoms with E-state index in [4.69, 9.17) is 22.1 Å². The second-order valence-corrected chi connectivity index (χ2v) is 19.5. The SMILES string of the molecule is CC1(C)C(/C=C/C2=C(Cl)C(=C/C=C3/N(CCCCSOOO)c4ccc(S(=O)(=O)O)cc4C3(C)C)/CC2)=[N+](CCCCS(=O)(=O)O)c2ccc(SOOO)cc21. The fourth-order valence-corrected chi connectivity index (χ4v) is 9.69. The van der Waals surface area contributed by atoms with Crippen molar-refractivity contribution in [3.8, 4) is 0 Å². The third kappa shape index (κ3) is 10.4. The number of hydrogen-bond donors (Lipinski definition) is 4. The van der Waals surface area contributed by atoms with Gasteiger partial charge in [0.05, 0.1) is 28.1 Å². The molecular formula is C37H46ClN2O12S4+. The Balaban J connectivity index is 1.45. The van der Waals surface area contributed by atoms with Crippen LogP contribution in [-0.4, -0.2) is 71.3 Å². The molecule has 0 atom stereocenters. The quantitative estimate of drug-likeness (QED) is 0.0261. The van der Waals surface area contributed by atoms with Gasteiger partial charge in [0.1, 0.15) is 6.54 Å². The van der Waals surface area contributed by atoms with Gasteiger partial charge in [-0.15, -0.1) is 8.67 Å². The maximum absolute atomic E-state index is 12.1. The van der Waals surface area contributed by atoms with Crippen LogP contribution < -0.4 is 4.90 Å². The van der Waals surface area contributed by atoms with Crippen LogP contribution in [0.15, 0.2) is 92.4 Å². The Morgan fingerprint density at radius 3 is 2.32 bits per heavy atom. The number of rotatable bonds is 19. The zero-order valence-corrected chi connectivity index (χ0v) is 35.3. The third-order valence-electron chi connectivity index (χ3n) is 10.3. The second-order valence-electron chi connectivity index (χ2n) is 14.6. The molecule has 0 unspecified atom stereocenters. The molecule has 0 saturated carbocycles. The van der Waals surface area contributed by atoms with E-state index in [0.717, 1.165) is 82.0 Å². The first-order chi connectivity index (χ1) is 26.4. The van der Waals surface area contributed by atoms with Gasteiger partial charge in [-0.05, 0) is 99.1 Å². The van der Waals surface area contributed by atoms with Gasteiger partial charge >= 0.3 is 0 Å². The fraction of sp³-hybridized carbons (Fsp3) is 0.432. The number of halogens is 1. The van der Waals surface area contributed by atoms with Crippen LogP contribution >= 0.6 is 35.7 Å². The average Bonchev–Trinajstić information content (AvgIpc) is 3.66. The highest BCUT2D eigenvalue weighted by Crippen LogP contribution is 2.49. The van der Waals surface area contributed by atoms with Crippen molar-refractivity contribution in [2.45, 2.75) is 86.8 Å². The Hall–Kier alpha value is -2.56. The Labute approximate surface area is 341 Å². The second kappa shape index (κ2) is 18.6. The molecule has 3 aliphatic rings. The Bertz CT molecular complexity index is 2180. The van der Waals surface area contributed by atoms with E-state index in [2.05, 4.69) is 42.1 Å². The van der Waals surface area contributed by atoms with Crippen LogP contribution in [0.5, 0.6) is 0 Å². The number of benzene rings is 2. The molecule has 56 heavy (non-hydrogen) atoms. The fourth-order valence-electron chi connectivity index (χ4n) is 7.47. The highest BCUT2D eigenvalue weighted by molar-refractivity contribution is 7.94. The van der Waals surface area contributed by atoms with Gasteiger partial charge < -0.3 is 4.90 Å². The molecule has 0 bridgehead atoms. The van der Waals surface area contributed by atoms with Crippen LogP contribution in [-0.2, 0) is 49.8 Å². The molecule has 2 aliphatic heterocycles. The lowest BCUT2D eigenvalue weighted by molar-refractivity contribution is -0.438. The van der Waals surface area contributed by atoms with Gasteiger partial charge in [0.2, 0.25) is 5.69 Å². The van der Waals surface area contributed by atoms with Gasteiger partial charge in [-0.25, -0.2) is 10.5 Å². The van der Waals surface area contributed by atoms with E-state index in [1.54, 1.807) is 6.07 Å². The molecule has 2 heterocycles. The van der Waals surface area contributed by atoms with Crippen molar-refractivity contribution in [1.29, 1.82) is 0 Å². The van der Waals surface area contributed by atoms with E-state index in [9.17, 15) is 25.9 Å². The minimum atomic E-state index is -4.42. The summed E-state index contributed by atoms with van der Waals surface area (Å²) in [4.78, 5) is 2.68. The van der Waals surface area contributed by atoms with E-state index < -0.39 is 31.1 Å². The molecule has 19 heteroatoms. The van der Waals surface area contributed by atoms with Gasteiger partial charge in [0, 0.05) is 75.2 Å². The lowest BCUT2D eigenvalue weighted by Crippen LogP contribution is -2.28. The van der Waals surface area contributed by atoms with Gasteiger partial charge in [-0.2, -0.15) is 21.4 Å². The molecule has 4 N–H and O–H groups in total. The van der Waals surface area contributed by atoms with Crippen LogP contribution in [0.1, 0.15) is 77.3 Å².